The summed E-state index contributed by atoms with van der Waals surface area (Å²) in [4.78, 5) is 8.80. The van der Waals surface area contributed by atoms with Gasteiger partial charge in [-0.2, -0.15) is 0 Å². The molecule has 1 unspecified atom stereocenters. The Kier molecular flexibility index (Phi) is 8.38. The van der Waals surface area contributed by atoms with Crippen LogP contribution in [0.2, 0.25) is 19.6 Å². The molecule has 3 aromatic carbocycles. The molecule has 1 aliphatic rings. The Balaban J connectivity index is 0.000000208. The van der Waals surface area contributed by atoms with Crippen LogP contribution in [0.5, 0.6) is 0 Å². The van der Waals surface area contributed by atoms with Gasteiger partial charge in [-0.15, -0.1) is 54.1 Å². The topological polar surface area (TPSA) is 38.4 Å². The number of benzene rings is 3. The number of furan rings is 1. The Morgan fingerprint density at radius 2 is 1.76 bits per heavy atom. The molecule has 0 bridgehead atoms. The van der Waals surface area contributed by atoms with Crippen molar-refractivity contribution >= 4 is 40.9 Å². The van der Waals surface area contributed by atoms with Gasteiger partial charge >= 0.3 is 0 Å². The van der Waals surface area contributed by atoms with E-state index in [2.05, 4.69) is 79.0 Å². The molecule has 0 aliphatic carbocycles. The number of pyridine rings is 1. The fourth-order valence-corrected chi connectivity index (χ4v) is 5.52. The molecule has 5 aromatic rings. The molecule has 0 spiro atoms. The molecule has 3 heterocycles. The zero-order valence-electron chi connectivity index (χ0n) is 21.6. The minimum Gasteiger partial charge on any atom is -0.501 e. The molecule has 189 valence electrons. The Morgan fingerprint density at radius 3 is 2.46 bits per heavy atom. The van der Waals surface area contributed by atoms with Gasteiger partial charge in [0.05, 0.1) is 13.7 Å². The van der Waals surface area contributed by atoms with Gasteiger partial charge in [-0.05, 0) is 35.9 Å². The van der Waals surface area contributed by atoms with Crippen molar-refractivity contribution in [3.05, 3.63) is 109 Å². The Morgan fingerprint density at radius 1 is 0.919 bits per heavy atom. The van der Waals surface area contributed by atoms with Gasteiger partial charge in [0.1, 0.15) is 5.58 Å². The number of hydrogen-bond acceptors (Lipinski definition) is 3. The van der Waals surface area contributed by atoms with Crippen LogP contribution in [0.25, 0.3) is 33.2 Å². The second-order valence-corrected chi connectivity index (χ2v) is 15.3. The van der Waals surface area contributed by atoms with E-state index in [0.29, 0.717) is 5.92 Å². The molecule has 6 rings (SSSR count). The smallest absolute Gasteiger partial charge is 0.120 e. The fraction of sp³-hybridized carbons (Fsp3) is 0.188. The molecular formula is C32H30IrN2OSi-2. The monoisotopic (exact) mass is 679 g/mol. The Bertz CT molecular complexity index is 1510. The third kappa shape index (κ3) is 6.07. The van der Waals surface area contributed by atoms with E-state index in [4.69, 9.17) is 4.42 Å². The average molecular weight is 679 g/mol. The van der Waals surface area contributed by atoms with Crippen LogP contribution in [0.1, 0.15) is 18.9 Å². The van der Waals surface area contributed by atoms with Gasteiger partial charge in [0.15, 0.2) is 0 Å². The van der Waals surface area contributed by atoms with Gasteiger partial charge in [0.2, 0.25) is 0 Å². The quantitative estimate of drug-likeness (QED) is 0.144. The molecule has 1 atom stereocenters. The third-order valence-corrected chi connectivity index (χ3v) is 8.44. The van der Waals surface area contributed by atoms with Crippen molar-refractivity contribution in [1.82, 2.24) is 4.98 Å². The molecular weight excluding hydrogens is 649 g/mol. The summed E-state index contributed by atoms with van der Waals surface area (Å²) in [6.45, 7) is 9.30. The van der Waals surface area contributed by atoms with Crippen molar-refractivity contribution in [2.45, 2.75) is 33.0 Å². The molecule has 3 nitrogen and oxygen atoms in total. The summed E-state index contributed by atoms with van der Waals surface area (Å²) in [6.07, 6.45) is 6.77. The van der Waals surface area contributed by atoms with Crippen LogP contribution in [0.4, 0.5) is 0 Å². The molecule has 0 fully saturated rings. The number of nitrogens with zero attached hydrogens (tertiary/aromatic N) is 2. The largest absolute Gasteiger partial charge is 0.501 e. The summed E-state index contributed by atoms with van der Waals surface area (Å²) < 4.78 is 6.29. The van der Waals surface area contributed by atoms with Crippen molar-refractivity contribution in [1.29, 1.82) is 0 Å². The van der Waals surface area contributed by atoms with Crippen LogP contribution >= 0.6 is 0 Å². The number of allylic oxidation sites excluding steroid dienone is 1. The first-order chi connectivity index (χ1) is 17.4. The van der Waals surface area contributed by atoms with E-state index < -0.39 is 8.07 Å². The minimum atomic E-state index is -1.36. The number of hydrogen-bond donors (Lipinski definition) is 0. The number of fused-ring (bicyclic) bond motifs is 3. The summed E-state index contributed by atoms with van der Waals surface area (Å²) in [7, 11) is -1.36. The molecule has 0 N–H and O–H groups in total. The fourth-order valence-electron chi connectivity index (χ4n) is 4.37. The van der Waals surface area contributed by atoms with Crippen LogP contribution < -0.4 is 5.19 Å². The van der Waals surface area contributed by atoms with Crippen molar-refractivity contribution in [3.8, 4) is 11.3 Å². The van der Waals surface area contributed by atoms with Crippen LogP contribution in [0, 0.1) is 18.1 Å². The number of aromatic nitrogens is 1. The van der Waals surface area contributed by atoms with Crippen LogP contribution in [-0.4, -0.2) is 18.8 Å². The van der Waals surface area contributed by atoms with E-state index >= 15 is 0 Å². The van der Waals surface area contributed by atoms with Crippen molar-refractivity contribution in [3.63, 3.8) is 0 Å². The maximum atomic E-state index is 6.29. The molecule has 0 amide bonds. The second kappa shape index (κ2) is 11.5. The number of aliphatic imine (C=N–C) groups is 1. The molecule has 0 saturated carbocycles. The van der Waals surface area contributed by atoms with Gasteiger partial charge < -0.3 is 14.4 Å². The van der Waals surface area contributed by atoms with Crippen molar-refractivity contribution < 1.29 is 24.5 Å². The second-order valence-electron chi connectivity index (χ2n) is 10.2. The van der Waals surface area contributed by atoms with Crippen molar-refractivity contribution in [2.24, 2.45) is 10.9 Å². The maximum Gasteiger partial charge on any atom is 0.120 e. The van der Waals surface area contributed by atoms with Gasteiger partial charge in [-0.25, -0.2) is 0 Å². The standard InChI is InChI=1S/C21H22NOSi.C11H8N.Ir/c1-14-10-11-22-19(12-14)18-7-5-6-17-16-9-8-15(24(2,3)4)13-20(16)23-21(17)18;1-2-6-10(7-3-1)11-8-4-5-9-12-11;/h5-6,8-11,13-14H,12H2,1-4H3;1-6,8-9H;/q2*-1;. The number of rotatable bonds is 3. The maximum absolute atomic E-state index is 6.29. The summed E-state index contributed by atoms with van der Waals surface area (Å²) in [5.74, 6) is 0.504. The predicted molar refractivity (Wildman–Crippen MR) is 154 cm³/mol. The van der Waals surface area contributed by atoms with Crippen molar-refractivity contribution in [2.75, 3.05) is 0 Å². The zero-order valence-corrected chi connectivity index (χ0v) is 25.0. The molecule has 2 aromatic heterocycles. The first-order valence-corrected chi connectivity index (χ1v) is 15.9. The summed E-state index contributed by atoms with van der Waals surface area (Å²) in [5.41, 5.74) is 5.98. The first kappa shape index (κ1) is 26.9. The van der Waals surface area contributed by atoms with E-state index in [9.17, 15) is 0 Å². The van der Waals surface area contributed by atoms with Crippen LogP contribution in [0.3, 0.4) is 0 Å². The summed E-state index contributed by atoms with van der Waals surface area (Å²) in [5, 5.41) is 3.76. The van der Waals surface area contributed by atoms with E-state index in [1.54, 1.807) is 6.20 Å². The Hall–Kier alpha value is -3.11. The zero-order chi connectivity index (χ0) is 25.1. The van der Waals surface area contributed by atoms with E-state index in [1.165, 1.54) is 10.6 Å². The molecule has 37 heavy (non-hydrogen) atoms. The van der Waals surface area contributed by atoms with Gasteiger partial charge in [0, 0.05) is 37.9 Å². The van der Waals surface area contributed by atoms with Crippen LogP contribution in [0.15, 0.2) is 101 Å². The minimum absolute atomic E-state index is 0. The first-order valence-electron chi connectivity index (χ1n) is 12.4. The summed E-state index contributed by atoms with van der Waals surface area (Å²) >= 11 is 0. The van der Waals surface area contributed by atoms with Gasteiger partial charge in [-0.1, -0.05) is 73.0 Å². The van der Waals surface area contributed by atoms with E-state index in [0.717, 1.165) is 45.5 Å². The van der Waals surface area contributed by atoms with E-state index in [-0.39, 0.29) is 20.1 Å². The Labute approximate surface area is 233 Å². The molecule has 1 radical (unpaired) electrons. The van der Waals surface area contributed by atoms with Gasteiger partial charge in [-0.3, -0.25) is 0 Å². The molecule has 0 saturated heterocycles. The summed E-state index contributed by atoms with van der Waals surface area (Å²) in [6, 6.07) is 31.0. The predicted octanol–water partition coefficient (Wildman–Crippen LogP) is 7.82. The average Bonchev–Trinajstić information content (AvgIpc) is 3.28. The third-order valence-electron chi connectivity index (χ3n) is 6.40. The molecule has 1 aliphatic heterocycles. The molecule has 5 heteroatoms. The van der Waals surface area contributed by atoms with E-state index in [1.807, 2.05) is 54.7 Å². The van der Waals surface area contributed by atoms with Crippen LogP contribution in [-0.2, 0) is 20.1 Å². The SMILES string of the molecule is CC1C=CN=C(c2[c-]ccc3c2oc2cc([Si](C)(C)C)ccc23)C1.[Ir].[c-]1ccccc1-c1ccccn1. The normalized spacial score (nSPS) is 15.0. The van der Waals surface area contributed by atoms with Gasteiger partial charge in [0.25, 0.3) is 0 Å².